The quantitative estimate of drug-likeness (QED) is 0.189. The third-order valence-electron chi connectivity index (χ3n) is 6.64. The van der Waals surface area contributed by atoms with Crippen molar-refractivity contribution in [3.05, 3.63) is 36.4 Å². The van der Waals surface area contributed by atoms with Gasteiger partial charge < -0.3 is 30.5 Å². The van der Waals surface area contributed by atoms with Crippen LogP contribution in [0.5, 0.6) is 11.5 Å². The molecule has 0 unspecified atom stereocenters. The van der Waals surface area contributed by atoms with Gasteiger partial charge in [0.25, 0.3) is 0 Å². The molecule has 0 radical (unpaired) electrons. The number of methoxy groups -OCH3 is 1. The molecule has 0 saturated carbocycles. The Bertz CT molecular complexity index is 1200. The van der Waals surface area contributed by atoms with Crippen molar-refractivity contribution in [2.75, 3.05) is 13.7 Å². The molecule has 3 amide bonds. The van der Waals surface area contributed by atoms with Gasteiger partial charge in [-0.2, -0.15) is 0 Å². The number of hydrogen-bond donors (Lipinski definition) is 4. The van der Waals surface area contributed by atoms with Crippen LogP contribution >= 0.6 is 0 Å². The van der Waals surface area contributed by atoms with Crippen molar-refractivity contribution in [3.63, 3.8) is 0 Å². The molecule has 0 spiro atoms. The number of phenols is 1. The highest BCUT2D eigenvalue weighted by Crippen LogP contribution is 2.24. The number of phenolic OH excluding ortho intramolecular Hbond substituents is 1. The third kappa shape index (κ3) is 10.6. The molecule has 0 fully saturated rings. The van der Waals surface area contributed by atoms with Crippen molar-refractivity contribution in [1.29, 1.82) is 0 Å². The van der Waals surface area contributed by atoms with E-state index in [1.165, 1.54) is 7.11 Å². The highest BCUT2D eigenvalue weighted by Gasteiger charge is 2.32. The first-order chi connectivity index (χ1) is 19.3. The molecule has 10 nitrogen and oxygen atoms in total. The van der Waals surface area contributed by atoms with Crippen LogP contribution in [-0.4, -0.2) is 60.6 Å². The van der Waals surface area contributed by atoms with Crippen molar-refractivity contribution in [2.45, 2.75) is 78.9 Å². The van der Waals surface area contributed by atoms with Gasteiger partial charge in [0.1, 0.15) is 29.6 Å². The molecule has 4 N–H and O–H groups in total. The maximum absolute atomic E-state index is 13.2. The van der Waals surface area contributed by atoms with Crippen molar-refractivity contribution >= 4 is 34.5 Å². The van der Waals surface area contributed by atoms with E-state index in [2.05, 4.69) is 16.0 Å². The second-order valence-electron chi connectivity index (χ2n) is 11.4. The van der Waals surface area contributed by atoms with Crippen LogP contribution in [0.25, 0.3) is 10.8 Å². The Labute approximate surface area is 242 Å². The average Bonchev–Trinajstić information content (AvgIpc) is 2.90. The van der Waals surface area contributed by atoms with Gasteiger partial charge in [-0.05, 0) is 65.6 Å². The minimum Gasteiger partial charge on any atom is -0.508 e. The highest BCUT2D eigenvalue weighted by atomic mass is 16.5. The predicted molar refractivity (Wildman–Crippen MR) is 157 cm³/mol. The van der Waals surface area contributed by atoms with Gasteiger partial charge in [-0.3, -0.25) is 14.4 Å². The second-order valence-corrected chi connectivity index (χ2v) is 11.4. The maximum Gasteiger partial charge on any atom is 0.328 e. The van der Waals surface area contributed by atoms with E-state index in [0.29, 0.717) is 25.2 Å². The number of nitrogens with one attached hydrogen (secondary N) is 3. The van der Waals surface area contributed by atoms with Gasteiger partial charge in [-0.25, -0.2) is 4.79 Å². The van der Waals surface area contributed by atoms with Gasteiger partial charge in [0.2, 0.25) is 17.7 Å². The van der Waals surface area contributed by atoms with Crippen molar-refractivity contribution in [1.82, 2.24) is 16.0 Å². The van der Waals surface area contributed by atoms with Crippen LogP contribution in [0.2, 0.25) is 0 Å². The predicted octanol–water partition coefficient (Wildman–Crippen LogP) is 3.69. The molecule has 0 heterocycles. The summed E-state index contributed by atoms with van der Waals surface area (Å²) in [5.41, 5.74) is 0. The molecule has 0 saturated heterocycles. The lowest BCUT2D eigenvalue weighted by molar-refractivity contribution is -0.146. The zero-order valence-corrected chi connectivity index (χ0v) is 25.2. The normalized spacial score (nSPS) is 13.5. The maximum atomic E-state index is 13.2. The summed E-state index contributed by atoms with van der Waals surface area (Å²) in [7, 11) is 1.26. The van der Waals surface area contributed by atoms with Gasteiger partial charge in [0.15, 0.2) is 0 Å². The molecule has 0 aliphatic heterocycles. The molecule has 3 atom stereocenters. The Morgan fingerprint density at radius 3 is 2.07 bits per heavy atom. The summed E-state index contributed by atoms with van der Waals surface area (Å²) in [6.45, 7) is 11.4. The first-order valence-corrected chi connectivity index (χ1v) is 14.2. The van der Waals surface area contributed by atoms with E-state index in [1.54, 1.807) is 26.0 Å². The number of amides is 3. The Morgan fingerprint density at radius 1 is 0.805 bits per heavy atom. The van der Waals surface area contributed by atoms with E-state index >= 15 is 0 Å². The standard InChI is InChI=1S/C31H45N3O7/c1-18(2)15-25(29(37)34-28(20(5)6)31(39)40-7)32-30(38)27(19(3)4)33-26(36)9-8-14-41-24-13-11-21-10-12-23(35)16-22(21)17-24/h10-13,16-20,25,27-28,35H,8-9,14-15H2,1-7H3,(H,32,38)(H,33,36)(H,34,37)/t25-,27-,28-/m0/s1. The van der Waals surface area contributed by atoms with Crippen LogP contribution in [0.4, 0.5) is 0 Å². The summed E-state index contributed by atoms with van der Waals surface area (Å²) < 4.78 is 10.6. The van der Waals surface area contributed by atoms with E-state index in [-0.39, 0.29) is 35.8 Å². The monoisotopic (exact) mass is 571 g/mol. The lowest BCUT2D eigenvalue weighted by Crippen LogP contribution is -2.57. The number of benzene rings is 2. The third-order valence-corrected chi connectivity index (χ3v) is 6.64. The molecule has 2 aromatic rings. The number of fused-ring (bicyclic) bond motifs is 1. The fraction of sp³-hybridized carbons (Fsp3) is 0.548. The molecule has 0 aliphatic carbocycles. The molecule has 2 aromatic carbocycles. The van der Waals surface area contributed by atoms with Crippen LogP contribution < -0.4 is 20.7 Å². The van der Waals surface area contributed by atoms with Crippen LogP contribution in [0.3, 0.4) is 0 Å². The van der Waals surface area contributed by atoms with Gasteiger partial charge in [-0.15, -0.1) is 0 Å². The summed E-state index contributed by atoms with van der Waals surface area (Å²) in [6.07, 6.45) is 0.933. The molecule has 0 bridgehead atoms. The van der Waals surface area contributed by atoms with Crippen molar-refractivity contribution < 1.29 is 33.8 Å². The number of carbonyl (C=O) groups excluding carboxylic acids is 4. The first kappa shape index (κ1) is 33.4. The molecular weight excluding hydrogens is 526 g/mol. The van der Waals surface area contributed by atoms with E-state index in [0.717, 1.165) is 10.8 Å². The van der Waals surface area contributed by atoms with Crippen molar-refractivity contribution in [3.8, 4) is 11.5 Å². The summed E-state index contributed by atoms with van der Waals surface area (Å²) in [5, 5.41) is 19.8. The summed E-state index contributed by atoms with van der Waals surface area (Å²) in [5.74, 6) is -1.36. The van der Waals surface area contributed by atoms with Gasteiger partial charge in [0.05, 0.1) is 13.7 Å². The number of hydrogen-bond acceptors (Lipinski definition) is 7. The number of carbonyl (C=O) groups is 4. The lowest BCUT2D eigenvalue weighted by Gasteiger charge is -2.28. The SMILES string of the molecule is COC(=O)[C@@H](NC(=O)[C@H](CC(C)C)NC(=O)[C@@H](NC(=O)CCCOc1ccc2ccc(O)cc2c1)C(C)C)C(C)C. The van der Waals surface area contributed by atoms with Crippen molar-refractivity contribution in [2.24, 2.45) is 17.8 Å². The molecule has 41 heavy (non-hydrogen) atoms. The summed E-state index contributed by atoms with van der Waals surface area (Å²) in [4.78, 5) is 51.2. The Hall–Kier alpha value is -3.82. The van der Waals surface area contributed by atoms with Crippen LogP contribution in [0.1, 0.15) is 60.8 Å². The fourth-order valence-corrected chi connectivity index (χ4v) is 4.35. The molecule has 0 aliphatic rings. The minimum atomic E-state index is -0.885. The number of aromatic hydroxyl groups is 1. The van der Waals surface area contributed by atoms with Gasteiger partial charge >= 0.3 is 5.97 Å². The van der Waals surface area contributed by atoms with E-state index < -0.39 is 35.9 Å². The molecule has 10 heteroatoms. The first-order valence-electron chi connectivity index (χ1n) is 14.2. The van der Waals surface area contributed by atoms with E-state index in [1.807, 2.05) is 52.0 Å². The lowest BCUT2D eigenvalue weighted by atomic mass is 9.98. The summed E-state index contributed by atoms with van der Waals surface area (Å²) >= 11 is 0. The topological polar surface area (TPSA) is 143 Å². The number of esters is 1. The molecular formula is C31H45N3O7. The van der Waals surface area contributed by atoms with E-state index in [9.17, 15) is 24.3 Å². The van der Waals surface area contributed by atoms with E-state index in [4.69, 9.17) is 9.47 Å². The second kappa shape index (κ2) is 15.8. The molecule has 226 valence electrons. The van der Waals surface area contributed by atoms with Gasteiger partial charge in [0, 0.05) is 6.42 Å². The average molecular weight is 572 g/mol. The zero-order chi connectivity index (χ0) is 30.7. The smallest absolute Gasteiger partial charge is 0.328 e. The highest BCUT2D eigenvalue weighted by molar-refractivity contribution is 5.93. The number of ether oxygens (including phenoxy) is 2. The van der Waals surface area contributed by atoms with Gasteiger partial charge in [-0.1, -0.05) is 53.7 Å². The number of rotatable bonds is 15. The van der Waals surface area contributed by atoms with Crippen LogP contribution in [0.15, 0.2) is 36.4 Å². The van der Waals surface area contributed by atoms with Crippen LogP contribution in [0, 0.1) is 17.8 Å². The summed E-state index contributed by atoms with van der Waals surface area (Å²) in [6, 6.07) is 8.08. The Kier molecular flexibility index (Phi) is 12.9. The largest absolute Gasteiger partial charge is 0.508 e. The molecule has 2 rings (SSSR count). The molecule has 0 aromatic heterocycles. The zero-order valence-electron chi connectivity index (χ0n) is 25.2. The van der Waals surface area contributed by atoms with Crippen LogP contribution in [-0.2, 0) is 23.9 Å². The Morgan fingerprint density at radius 2 is 1.46 bits per heavy atom. The Balaban J connectivity index is 1.95. The fourth-order valence-electron chi connectivity index (χ4n) is 4.35. The minimum absolute atomic E-state index is 0.0852.